The summed E-state index contributed by atoms with van der Waals surface area (Å²) in [6, 6.07) is 8.18. The van der Waals surface area contributed by atoms with Crippen LogP contribution in [0.4, 0.5) is 8.78 Å². The fourth-order valence-electron chi connectivity index (χ4n) is 3.14. The molecule has 3 rings (SSSR count). The molecular weight excluding hydrogens is 407 g/mol. The van der Waals surface area contributed by atoms with Gasteiger partial charge in [0.05, 0.1) is 16.8 Å². The van der Waals surface area contributed by atoms with Gasteiger partial charge in [-0.3, -0.25) is 4.79 Å². The summed E-state index contributed by atoms with van der Waals surface area (Å²) in [5, 5.41) is 11.8. The molecule has 31 heavy (non-hydrogen) atoms. The van der Waals surface area contributed by atoms with Crippen LogP contribution in [0, 0.1) is 11.6 Å². The van der Waals surface area contributed by atoms with Crippen molar-refractivity contribution >= 4 is 24.5 Å². The number of nitrogens with one attached hydrogen (secondary N) is 1. The molecule has 2 aromatic carbocycles. The second kappa shape index (κ2) is 8.40. The Morgan fingerprint density at radius 2 is 1.61 bits per heavy atom. The summed E-state index contributed by atoms with van der Waals surface area (Å²) in [5.41, 5.74) is 0.0398. The van der Waals surface area contributed by atoms with Crippen LogP contribution >= 0.6 is 0 Å². The number of aliphatic carboxylic acids is 1. The molecule has 1 amide bonds. The number of hydrogen-bond acceptors (Lipinski definition) is 4. The van der Waals surface area contributed by atoms with E-state index in [-0.39, 0.29) is 6.42 Å². The second-order valence-corrected chi connectivity index (χ2v) is 8.52. The number of carbonyl (C=O) groups is 2. The van der Waals surface area contributed by atoms with E-state index in [2.05, 4.69) is 5.32 Å². The number of halogens is 2. The van der Waals surface area contributed by atoms with E-state index in [9.17, 15) is 23.5 Å². The maximum absolute atomic E-state index is 13.8. The fraction of sp³-hybridized carbons (Fsp3) is 0.364. The molecule has 0 unspecified atom stereocenters. The Balaban J connectivity index is 1.69. The van der Waals surface area contributed by atoms with Crippen LogP contribution in [0.15, 0.2) is 42.5 Å². The lowest BCUT2D eigenvalue weighted by Gasteiger charge is -2.32. The normalized spacial score (nSPS) is 17.9. The van der Waals surface area contributed by atoms with Crippen molar-refractivity contribution < 1.29 is 32.8 Å². The van der Waals surface area contributed by atoms with Crippen molar-refractivity contribution in [1.29, 1.82) is 0 Å². The summed E-state index contributed by atoms with van der Waals surface area (Å²) in [7, 11) is -0.546. The number of hydrogen-bond donors (Lipinski definition) is 2. The maximum atomic E-state index is 13.8. The van der Waals surface area contributed by atoms with Crippen molar-refractivity contribution in [2.45, 2.75) is 51.4 Å². The first-order chi connectivity index (χ1) is 14.4. The highest BCUT2D eigenvalue weighted by atomic mass is 19.1. The van der Waals surface area contributed by atoms with Crippen LogP contribution in [0.5, 0.6) is 0 Å². The van der Waals surface area contributed by atoms with E-state index in [1.807, 2.05) is 27.7 Å². The van der Waals surface area contributed by atoms with Gasteiger partial charge in [-0.05, 0) is 50.9 Å². The predicted octanol–water partition coefficient (Wildman–Crippen LogP) is 2.69. The smallest absolute Gasteiger partial charge is 0.480 e. The third-order valence-corrected chi connectivity index (χ3v) is 5.72. The molecule has 2 aromatic rings. The van der Waals surface area contributed by atoms with Gasteiger partial charge in [0, 0.05) is 12.5 Å². The van der Waals surface area contributed by atoms with Gasteiger partial charge in [0.1, 0.15) is 17.7 Å². The standard InChI is InChI=1S/C22H24BF2NO5/c1-21(2)22(3,4)31-23(30-21)14-7-5-13(6-8-14)11-18(20(28)29)26-19(27)16-10-9-15(24)12-17(16)25/h5-10,12,18H,11H2,1-4H3,(H,26,27)(H,28,29)/t18-/m0/s1. The minimum Gasteiger partial charge on any atom is -0.480 e. The summed E-state index contributed by atoms with van der Waals surface area (Å²) in [4.78, 5) is 23.9. The van der Waals surface area contributed by atoms with Crippen molar-refractivity contribution in [3.05, 3.63) is 65.2 Å². The molecule has 164 valence electrons. The summed E-state index contributed by atoms with van der Waals surface area (Å²) in [6.45, 7) is 7.80. The predicted molar refractivity (Wildman–Crippen MR) is 111 cm³/mol. The zero-order valence-electron chi connectivity index (χ0n) is 17.7. The van der Waals surface area contributed by atoms with Gasteiger partial charge < -0.3 is 19.7 Å². The largest absolute Gasteiger partial charge is 0.494 e. The lowest BCUT2D eigenvalue weighted by atomic mass is 9.78. The molecule has 1 heterocycles. The number of benzene rings is 2. The molecule has 0 bridgehead atoms. The molecule has 6 nitrogen and oxygen atoms in total. The molecule has 1 aliphatic rings. The monoisotopic (exact) mass is 431 g/mol. The highest BCUT2D eigenvalue weighted by Gasteiger charge is 2.51. The van der Waals surface area contributed by atoms with Crippen molar-refractivity contribution in [1.82, 2.24) is 5.32 Å². The highest BCUT2D eigenvalue weighted by Crippen LogP contribution is 2.36. The first-order valence-electron chi connectivity index (χ1n) is 9.83. The molecule has 1 aliphatic heterocycles. The average Bonchev–Trinajstić information content (AvgIpc) is 2.89. The first-order valence-corrected chi connectivity index (χ1v) is 9.83. The zero-order chi connectivity index (χ0) is 23.0. The van der Waals surface area contributed by atoms with Crippen LogP contribution in [0.2, 0.25) is 0 Å². The van der Waals surface area contributed by atoms with Gasteiger partial charge in [-0.1, -0.05) is 24.3 Å². The minimum atomic E-state index is -1.29. The van der Waals surface area contributed by atoms with Gasteiger partial charge in [-0.2, -0.15) is 0 Å². The van der Waals surface area contributed by atoms with E-state index in [4.69, 9.17) is 9.31 Å². The molecule has 0 aromatic heterocycles. The highest BCUT2D eigenvalue weighted by molar-refractivity contribution is 6.62. The number of rotatable bonds is 6. The van der Waals surface area contributed by atoms with E-state index in [0.29, 0.717) is 11.6 Å². The third kappa shape index (κ3) is 4.94. The summed E-state index contributed by atoms with van der Waals surface area (Å²) in [6.07, 6.45) is -0.0203. The number of carbonyl (C=O) groups excluding carboxylic acids is 1. The minimum absolute atomic E-state index is 0.0203. The number of carboxylic acid groups (broad SMARTS) is 1. The van der Waals surface area contributed by atoms with Gasteiger partial charge in [-0.25, -0.2) is 13.6 Å². The zero-order valence-corrected chi connectivity index (χ0v) is 17.7. The second-order valence-electron chi connectivity index (χ2n) is 8.52. The van der Waals surface area contributed by atoms with Gasteiger partial charge >= 0.3 is 13.1 Å². The van der Waals surface area contributed by atoms with E-state index in [1.54, 1.807) is 24.3 Å². The Bertz CT molecular complexity index is 978. The Kier molecular flexibility index (Phi) is 6.20. The van der Waals surface area contributed by atoms with E-state index >= 15 is 0 Å². The first kappa shape index (κ1) is 22.9. The number of amides is 1. The summed E-state index contributed by atoms with van der Waals surface area (Å²) >= 11 is 0. The molecule has 0 spiro atoms. The Hall–Kier alpha value is -2.78. The Morgan fingerprint density at radius 1 is 1.03 bits per heavy atom. The fourth-order valence-corrected chi connectivity index (χ4v) is 3.14. The quantitative estimate of drug-likeness (QED) is 0.688. The van der Waals surface area contributed by atoms with Gasteiger partial charge in [-0.15, -0.1) is 0 Å². The topological polar surface area (TPSA) is 84.9 Å². The third-order valence-electron chi connectivity index (χ3n) is 5.72. The van der Waals surface area contributed by atoms with Gasteiger partial charge in [0.25, 0.3) is 5.91 Å². The SMILES string of the molecule is CC1(C)OB(c2ccc(C[C@H](NC(=O)c3ccc(F)cc3F)C(=O)O)cc2)OC1(C)C. The Morgan fingerprint density at radius 3 is 2.13 bits per heavy atom. The molecule has 9 heteroatoms. The Labute approximate surface area is 179 Å². The van der Waals surface area contributed by atoms with Gasteiger partial charge in [0.15, 0.2) is 0 Å². The molecule has 0 aliphatic carbocycles. The summed E-state index contributed by atoms with van der Waals surface area (Å²) < 4.78 is 38.8. The average molecular weight is 431 g/mol. The molecule has 1 saturated heterocycles. The molecule has 2 N–H and O–H groups in total. The molecule has 1 fully saturated rings. The molecule has 0 radical (unpaired) electrons. The lowest BCUT2D eigenvalue weighted by molar-refractivity contribution is -0.139. The molecule has 0 saturated carbocycles. The van der Waals surface area contributed by atoms with Crippen molar-refractivity contribution in [3.63, 3.8) is 0 Å². The van der Waals surface area contributed by atoms with Crippen LogP contribution < -0.4 is 10.8 Å². The van der Waals surface area contributed by atoms with Crippen LogP contribution in [0.1, 0.15) is 43.6 Å². The number of carboxylic acids is 1. The molecule has 1 atom stereocenters. The van der Waals surface area contributed by atoms with Crippen molar-refractivity contribution in [2.24, 2.45) is 0 Å². The van der Waals surface area contributed by atoms with Crippen LogP contribution in [-0.4, -0.2) is 41.3 Å². The van der Waals surface area contributed by atoms with Crippen LogP contribution in [0.3, 0.4) is 0 Å². The van der Waals surface area contributed by atoms with Crippen LogP contribution in [-0.2, 0) is 20.5 Å². The summed E-state index contributed by atoms with van der Waals surface area (Å²) in [5.74, 6) is -4.09. The van der Waals surface area contributed by atoms with Crippen molar-refractivity contribution in [3.8, 4) is 0 Å². The van der Waals surface area contributed by atoms with Crippen LogP contribution in [0.25, 0.3) is 0 Å². The van der Waals surface area contributed by atoms with E-state index < -0.39 is 53.4 Å². The van der Waals surface area contributed by atoms with Gasteiger partial charge in [0.2, 0.25) is 0 Å². The molecular formula is C22H24BF2NO5. The lowest BCUT2D eigenvalue weighted by Crippen LogP contribution is -2.42. The van der Waals surface area contributed by atoms with E-state index in [1.165, 1.54) is 0 Å². The maximum Gasteiger partial charge on any atom is 0.494 e. The van der Waals surface area contributed by atoms with E-state index in [0.717, 1.165) is 17.6 Å². The van der Waals surface area contributed by atoms with Crippen molar-refractivity contribution in [2.75, 3.05) is 0 Å².